The summed E-state index contributed by atoms with van der Waals surface area (Å²) in [5.74, 6) is 0. The Morgan fingerprint density at radius 3 is 2.48 bits per heavy atom. The number of ether oxygens (including phenoxy) is 2. The number of rotatable bonds is 3. The van der Waals surface area contributed by atoms with Crippen molar-refractivity contribution >= 4 is 12.2 Å². The first kappa shape index (κ1) is 18.3. The van der Waals surface area contributed by atoms with E-state index in [-0.39, 0.29) is 18.2 Å². The lowest BCUT2D eigenvalue weighted by atomic mass is 9.98. The van der Waals surface area contributed by atoms with E-state index in [1.165, 1.54) is 0 Å². The fraction of sp³-hybridized carbons (Fsp3) is 0.889. The normalized spacial score (nSPS) is 29.4. The summed E-state index contributed by atoms with van der Waals surface area (Å²) < 4.78 is 10.3. The van der Waals surface area contributed by atoms with Crippen LogP contribution in [0.4, 0.5) is 9.59 Å². The van der Waals surface area contributed by atoms with E-state index in [0.29, 0.717) is 25.3 Å². The molecule has 2 atom stereocenters. The molecule has 0 N–H and O–H groups in total. The van der Waals surface area contributed by atoms with Gasteiger partial charge >= 0.3 is 12.2 Å². The van der Waals surface area contributed by atoms with Gasteiger partial charge in [0.05, 0.1) is 12.6 Å². The van der Waals surface area contributed by atoms with Crippen LogP contribution in [0.5, 0.6) is 0 Å². The average molecular weight is 353 g/mol. The molecule has 3 saturated heterocycles. The Hall–Kier alpha value is -1.50. The van der Waals surface area contributed by atoms with Crippen LogP contribution in [0.1, 0.15) is 46.0 Å². The minimum atomic E-state index is -0.177. The monoisotopic (exact) mass is 353 g/mol. The molecular weight excluding hydrogens is 322 g/mol. The van der Waals surface area contributed by atoms with E-state index in [1.807, 2.05) is 16.7 Å². The van der Waals surface area contributed by atoms with Crippen molar-refractivity contribution in [2.24, 2.45) is 0 Å². The number of likely N-dealkylation sites (tertiary alicyclic amines) is 2. The van der Waals surface area contributed by atoms with Gasteiger partial charge in [-0.05, 0) is 46.0 Å². The fourth-order valence-corrected chi connectivity index (χ4v) is 4.41. The first-order valence-electron chi connectivity index (χ1n) is 9.71. The van der Waals surface area contributed by atoms with Gasteiger partial charge in [0.2, 0.25) is 0 Å². The smallest absolute Gasteiger partial charge is 0.410 e. The highest BCUT2D eigenvalue weighted by molar-refractivity contribution is 5.70. The van der Waals surface area contributed by atoms with Crippen LogP contribution in [0.25, 0.3) is 0 Å². The van der Waals surface area contributed by atoms with Crippen LogP contribution >= 0.6 is 0 Å². The van der Waals surface area contributed by atoms with Gasteiger partial charge in [0.25, 0.3) is 0 Å². The molecule has 0 aliphatic carbocycles. The molecule has 25 heavy (non-hydrogen) atoms. The van der Waals surface area contributed by atoms with E-state index in [0.717, 1.165) is 58.3 Å². The molecule has 3 rings (SSSR count). The summed E-state index contributed by atoms with van der Waals surface area (Å²) in [6, 6.07) is 1.03. The largest absolute Gasteiger partial charge is 0.450 e. The molecular formula is C18H31N3O4. The average Bonchev–Trinajstić information content (AvgIpc) is 2.82. The number of carbonyl (C=O) groups excluding carboxylic acids is 2. The molecule has 3 heterocycles. The molecule has 0 aromatic heterocycles. The van der Waals surface area contributed by atoms with Crippen molar-refractivity contribution in [3.8, 4) is 0 Å². The van der Waals surface area contributed by atoms with Gasteiger partial charge in [0.1, 0.15) is 6.61 Å². The van der Waals surface area contributed by atoms with Crippen LogP contribution < -0.4 is 0 Å². The third kappa shape index (κ3) is 4.19. The molecule has 0 radical (unpaired) electrons. The highest BCUT2D eigenvalue weighted by atomic mass is 16.6. The fourth-order valence-electron chi connectivity index (χ4n) is 4.41. The van der Waals surface area contributed by atoms with Crippen molar-refractivity contribution in [2.75, 3.05) is 39.4 Å². The van der Waals surface area contributed by atoms with Gasteiger partial charge in [-0.25, -0.2) is 9.59 Å². The van der Waals surface area contributed by atoms with E-state index in [2.05, 4.69) is 11.8 Å². The van der Waals surface area contributed by atoms with Crippen molar-refractivity contribution in [3.63, 3.8) is 0 Å². The summed E-state index contributed by atoms with van der Waals surface area (Å²) in [7, 11) is 0. The number of amides is 2. The molecule has 3 fully saturated rings. The molecule has 0 bridgehead atoms. The SMILES string of the molecule is CCOC(=O)N1CCCC(N2CCC(N3C(=O)OCC3C)CC2)CC1. The highest BCUT2D eigenvalue weighted by Gasteiger charge is 2.38. The van der Waals surface area contributed by atoms with Crippen LogP contribution in [0.3, 0.4) is 0 Å². The zero-order valence-electron chi connectivity index (χ0n) is 15.5. The van der Waals surface area contributed by atoms with Gasteiger partial charge in [-0.2, -0.15) is 0 Å². The van der Waals surface area contributed by atoms with Crippen LogP contribution in [0, 0.1) is 0 Å². The highest BCUT2D eigenvalue weighted by Crippen LogP contribution is 2.27. The van der Waals surface area contributed by atoms with Crippen molar-refractivity contribution in [1.82, 2.24) is 14.7 Å². The predicted molar refractivity (Wildman–Crippen MR) is 93.5 cm³/mol. The Morgan fingerprint density at radius 2 is 1.84 bits per heavy atom. The second-order valence-electron chi connectivity index (χ2n) is 7.37. The van der Waals surface area contributed by atoms with Crippen LogP contribution in [0.15, 0.2) is 0 Å². The van der Waals surface area contributed by atoms with E-state index >= 15 is 0 Å². The maximum atomic E-state index is 11.9. The summed E-state index contributed by atoms with van der Waals surface area (Å²) in [6.07, 6.45) is 4.86. The summed E-state index contributed by atoms with van der Waals surface area (Å²) >= 11 is 0. The Bertz CT molecular complexity index is 479. The van der Waals surface area contributed by atoms with Gasteiger partial charge < -0.3 is 19.3 Å². The van der Waals surface area contributed by atoms with Crippen molar-refractivity contribution < 1.29 is 19.1 Å². The zero-order valence-corrected chi connectivity index (χ0v) is 15.5. The number of piperidine rings is 1. The lowest BCUT2D eigenvalue weighted by Gasteiger charge is -2.40. The number of nitrogens with zero attached hydrogens (tertiary/aromatic N) is 3. The molecule has 3 aliphatic rings. The molecule has 2 unspecified atom stereocenters. The first-order chi connectivity index (χ1) is 12.1. The third-order valence-electron chi connectivity index (χ3n) is 5.77. The van der Waals surface area contributed by atoms with Crippen molar-refractivity contribution in [2.45, 2.75) is 64.1 Å². The standard InChI is InChI=1S/C18H31N3O4/c1-3-24-17(22)20-9-4-5-15(6-12-20)19-10-7-16(8-11-19)21-14(2)13-25-18(21)23/h14-16H,3-13H2,1-2H3. The minimum Gasteiger partial charge on any atom is -0.450 e. The van der Waals surface area contributed by atoms with Gasteiger partial charge in [-0.3, -0.25) is 4.90 Å². The molecule has 142 valence electrons. The van der Waals surface area contributed by atoms with Crippen molar-refractivity contribution in [3.05, 3.63) is 0 Å². The minimum absolute atomic E-state index is 0.148. The predicted octanol–water partition coefficient (Wildman–Crippen LogP) is 2.30. The Balaban J connectivity index is 1.48. The van der Waals surface area contributed by atoms with Gasteiger partial charge in [0, 0.05) is 38.3 Å². The first-order valence-corrected chi connectivity index (χ1v) is 9.71. The summed E-state index contributed by atoms with van der Waals surface area (Å²) in [6.45, 7) is 8.47. The summed E-state index contributed by atoms with van der Waals surface area (Å²) in [5.41, 5.74) is 0. The molecule has 2 amide bonds. The number of hydrogen-bond acceptors (Lipinski definition) is 5. The molecule has 7 heteroatoms. The third-order valence-corrected chi connectivity index (χ3v) is 5.77. The molecule has 7 nitrogen and oxygen atoms in total. The topological polar surface area (TPSA) is 62.3 Å². The van der Waals surface area contributed by atoms with Crippen LogP contribution in [-0.4, -0.2) is 84.4 Å². The molecule has 3 aliphatic heterocycles. The lowest BCUT2D eigenvalue weighted by molar-refractivity contribution is 0.0826. The maximum Gasteiger partial charge on any atom is 0.410 e. The van der Waals surface area contributed by atoms with E-state index < -0.39 is 0 Å². The zero-order chi connectivity index (χ0) is 17.8. The Labute approximate surface area is 150 Å². The van der Waals surface area contributed by atoms with E-state index in [1.54, 1.807) is 0 Å². The van der Waals surface area contributed by atoms with Crippen LogP contribution in [-0.2, 0) is 9.47 Å². The second kappa shape index (κ2) is 8.25. The second-order valence-corrected chi connectivity index (χ2v) is 7.37. The molecule has 0 saturated carbocycles. The maximum absolute atomic E-state index is 11.9. The number of hydrogen-bond donors (Lipinski definition) is 0. The van der Waals surface area contributed by atoms with E-state index in [4.69, 9.17) is 9.47 Å². The molecule has 0 aromatic carbocycles. The van der Waals surface area contributed by atoms with Crippen LogP contribution in [0.2, 0.25) is 0 Å². The Kier molecular flexibility index (Phi) is 6.04. The summed E-state index contributed by atoms with van der Waals surface area (Å²) in [4.78, 5) is 30.2. The van der Waals surface area contributed by atoms with Crippen molar-refractivity contribution in [1.29, 1.82) is 0 Å². The number of carbonyl (C=O) groups is 2. The number of cyclic esters (lactones) is 1. The van der Waals surface area contributed by atoms with E-state index in [9.17, 15) is 9.59 Å². The molecule has 0 spiro atoms. The quantitative estimate of drug-likeness (QED) is 0.779. The van der Waals surface area contributed by atoms with Gasteiger partial charge in [0.15, 0.2) is 0 Å². The van der Waals surface area contributed by atoms with Gasteiger partial charge in [-0.1, -0.05) is 0 Å². The summed E-state index contributed by atoms with van der Waals surface area (Å²) in [5, 5.41) is 0. The van der Waals surface area contributed by atoms with Gasteiger partial charge in [-0.15, -0.1) is 0 Å². The molecule has 0 aromatic rings. The lowest BCUT2D eigenvalue weighted by Crippen LogP contribution is -2.50. The Morgan fingerprint density at radius 1 is 1.12 bits per heavy atom.